The second kappa shape index (κ2) is 10.0. The number of ether oxygens (including phenoxy) is 1. The van der Waals surface area contributed by atoms with E-state index in [4.69, 9.17) is 4.74 Å². The third kappa shape index (κ3) is 4.40. The van der Waals surface area contributed by atoms with Crippen LogP contribution in [0.25, 0.3) is 10.8 Å². The van der Waals surface area contributed by atoms with Gasteiger partial charge < -0.3 is 9.64 Å². The van der Waals surface area contributed by atoms with Gasteiger partial charge in [-0.2, -0.15) is 5.10 Å². The van der Waals surface area contributed by atoms with Gasteiger partial charge >= 0.3 is 6.03 Å². The van der Waals surface area contributed by atoms with Crippen molar-refractivity contribution in [3.8, 4) is 0 Å². The lowest BCUT2D eigenvalue weighted by Gasteiger charge is -2.42. The van der Waals surface area contributed by atoms with Crippen LogP contribution in [0.15, 0.2) is 48.7 Å². The van der Waals surface area contributed by atoms with Crippen molar-refractivity contribution >= 4 is 22.7 Å². The van der Waals surface area contributed by atoms with Gasteiger partial charge in [0.2, 0.25) is 0 Å². The van der Waals surface area contributed by atoms with E-state index in [2.05, 4.69) is 41.2 Å². The van der Waals surface area contributed by atoms with E-state index in [1.165, 1.54) is 10.5 Å². The van der Waals surface area contributed by atoms with Crippen LogP contribution in [0.3, 0.4) is 0 Å². The maximum Gasteiger partial charge on any atom is 0.327 e. The minimum Gasteiger partial charge on any atom is -0.385 e. The van der Waals surface area contributed by atoms with Crippen LogP contribution < -0.4 is 0 Å². The van der Waals surface area contributed by atoms with Crippen molar-refractivity contribution in [3.05, 3.63) is 65.5 Å². The highest BCUT2D eigenvalue weighted by Gasteiger charge is 2.57. The fourth-order valence-corrected chi connectivity index (χ4v) is 5.62. The Morgan fingerprint density at radius 2 is 1.78 bits per heavy atom. The third-order valence-corrected chi connectivity index (χ3v) is 7.92. The first kappa shape index (κ1) is 24.5. The van der Waals surface area contributed by atoms with Gasteiger partial charge in [0.25, 0.3) is 5.91 Å². The number of imide groups is 1. The fourth-order valence-electron chi connectivity index (χ4n) is 5.62. The van der Waals surface area contributed by atoms with E-state index in [1.54, 1.807) is 7.11 Å². The van der Waals surface area contributed by atoms with Crippen molar-refractivity contribution in [2.75, 3.05) is 33.4 Å². The number of carbonyl (C=O) groups excluding carboxylic acids is 2. The summed E-state index contributed by atoms with van der Waals surface area (Å²) < 4.78 is 7.14. The summed E-state index contributed by atoms with van der Waals surface area (Å²) in [6, 6.07) is 14.1. The number of methoxy groups -OCH3 is 1. The molecule has 0 N–H and O–H groups in total. The number of aryl methyl sites for hydroxylation is 1. The predicted octanol–water partition coefficient (Wildman–Crippen LogP) is 3.72. The zero-order chi connectivity index (χ0) is 25.3. The van der Waals surface area contributed by atoms with Gasteiger partial charge in [-0.05, 0) is 48.6 Å². The van der Waals surface area contributed by atoms with E-state index in [0.717, 1.165) is 41.7 Å². The summed E-state index contributed by atoms with van der Waals surface area (Å²) in [7, 11) is 3.62. The number of piperidine rings is 1. The lowest BCUT2D eigenvalue weighted by Crippen LogP contribution is -2.56. The molecule has 0 saturated carbocycles. The monoisotopic (exact) mass is 489 g/mol. The number of likely N-dealkylation sites (tertiary alicyclic amines) is 1. The van der Waals surface area contributed by atoms with Crippen LogP contribution >= 0.6 is 0 Å². The molecule has 2 aliphatic heterocycles. The Morgan fingerprint density at radius 1 is 1.03 bits per heavy atom. The number of amides is 3. The minimum absolute atomic E-state index is 0.0599. The number of rotatable bonds is 8. The van der Waals surface area contributed by atoms with Crippen LogP contribution in [-0.4, -0.2) is 75.3 Å². The summed E-state index contributed by atoms with van der Waals surface area (Å²) in [5.74, 6) is -0.0599. The molecule has 0 unspecified atom stereocenters. The number of urea groups is 1. The fraction of sp³-hybridized carbons (Fsp3) is 0.464. The maximum absolute atomic E-state index is 13.9. The molecule has 0 radical (unpaired) electrons. The first-order valence-electron chi connectivity index (χ1n) is 12.7. The molecule has 0 bridgehead atoms. The Labute approximate surface area is 212 Å². The molecule has 8 nitrogen and oxygen atoms in total. The van der Waals surface area contributed by atoms with Crippen LogP contribution in [0.5, 0.6) is 0 Å². The van der Waals surface area contributed by atoms with Crippen molar-refractivity contribution in [1.29, 1.82) is 0 Å². The molecule has 2 aliphatic rings. The Bertz CT molecular complexity index is 1260. The highest BCUT2D eigenvalue weighted by atomic mass is 16.5. The van der Waals surface area contributed by atoms with E-state index in [1.807, 2.05) is 41.0 Å². The summed E-state index contributed by atoms with van der Waals surface area (Å²) in [6.45, 7) is 5.79. The molecular formula is C28H35N5O3. The van der Waals surface area contributed by atoms with Gasteiger partial charge in [-0.25, -0.2) is 4.79 Å². The highest BCUT2D eigenvalue weighted by molar-refractivity contribution is 6.07. The van der Waals surface area contributed by atoms with Crippen molar-refractivity contribution < 1.29 is 14.3 Å². The second-order valence-electron chi connectivity index (χ2n) is 10.0. The average Bonchev–Trinajstić information content (AvgIpc) is 3.30. The van der Waals surface area contributed by atoms with Crippen molar-refractivity contribution in [2.24, 2.45) is 7.05 Å². The van der Waals surface area contributed by atoms with Gasteiger partial charge in [-0.3, -0.25) is 19.3 Å². The zero-order valence-electron chi connectivity index (χ0n) is 21.4. The molecule has 2 saturated heterocycles. The maximum atomic E-state index is 13.9. The van der Waals surface area contributed by atoms with Crippen LogP contribution in [-0.2, 0) is 29.7 Å². The minimum atomic E-state index is -0.776. The molecule has 190 valence electrons. The Balaban J connectivity index is 1.35. The summed E-state index contributed by atoms with van der Waals surface area (Å²) in [5.41, 5.74) is 2.55. The Kier molecular flexibility index (Phi) is 6.81. The number of benzene rings is 2. The molecule has 1 spiro atoms. The van der Waals surface area contributed by atoms with Gasteiger partial charge in [0.05, 0.1) is 12.7 Å². The van der Waals surface area contributed by atoms with E-state index < -0.39 is 5.54 Å². The van der Waals surface area contributed by atoms with Gasteiger partial charge in [-0.1, -0.05) is 36.4 Å². The second-order valence-corrected chi connectivity index (χ2v) is 10.0. The number of hydrogen-bond donors (Lipinski definition) is 0. The van der Waals surface area contributed by atoms with E-state index in [9.17, 15) is 9.59 Å². The van der Waals surface area contributed by atoms with Crippen LogP contribution in [0.2, 0.25) is 0 Å². The van der Waals surface area contributed by atoms with Crippen LogP contribution in [0, 0.1) is 6.92 Å². The number of aromatic nitrogens is 2. The lowest BCUT2D eigenvalue weighted by atomic mass is 9.85. The van der Waals surface area contributed by atoms with Crippen LogP contribution in [0.1, 0.15) is 36.1 Å². The Morgan fingerprint density at radius 3 is 2.47 bits per heavy atom. The first-order chi connectivity index (χ1) is 17.4. The lowest BCUT2D eigenvalue weighted by molar-refractivity contribution is -0.136. The highest BCUT2D eigenvalue weighted by Crippen LogP contribution is 2.38. The smallest absolute Gasteiger partial charge is 0.327 e. The summed E-state index contributed by atoms with van der Waals surface area (Å²) in [6.07, 6.45) is 3.90. The molecule has 5 rings (SSSR count). The normalized spacial score (nSPS) is 18.2. The molecule has 2 aromatic carbocycles. The summed E-state index contributed by atoms with van der Waals surface area (Å²) >= 11 is 0. The summed E-state index contributed by atoms with van der Waals surface area (Å²) in [5, 5.41) is 6.62. The first-order valence-corrected chi connectivity index (χ1v) is 12.7. The van der Waals surface area contributed by atoms with E-state index >= 15 is 0 Å². The molecule has 1 aromatic heterocycles. The van der Waals surface area contributed by atoms with E-state index in [0.29, 0.717) is 39.0 Å². The molecule has 2 fully saturated rings. The number of fused-ring (bicyclic) bond motifs is 1. The molecule has 3 amide bonds. The quantitative estimate of drug-likeness (QED) is 0.356. The SMILES string of the molecule is COCCCN1C(=O)N(Cc2ccc3ccccc3c2)C(=O)C12CCN(Cc1cnn(C)c1C)CC2. The van der Waals surface area contributed by atoms with Crippen molar-refractivity contribution in [3.63, 3.8) is 0 Å². The molecule has 0 atom stereocenters. The molecule has 0 aliphatic carbocycles. The molecule has 3 aromatic rings. The van der Waals surface area contributed by atoms with Crippen molar-refractivity contribution in [2.45, 2.75) is 44.8 Å². The van der Waals surface area contributed by atoms with Gasteiger partial charge in [-0.15, -0.1) is 0 Å². The predicted molar refractivity (Wildman–Crippen MR) is 138 cm³/mol. The molecular weight excluding hydrogens is 454 g/mol. The largest absolute Gasteiger partial charge is 0.385 e. The topological polar surface area (TPSA) is 70.9 Å². The van der Waals surface area contributed by atoms with E-state index in [-0.39, 0.29) is 11.9 Å². The van der Waals surface area contributed by atoms with Gasteiger partial charge in [0.1, 0.15) is 5.54 Å². The summed E-state index contributed by atoms with van der Waals surface area (Å²) in [4.78, 5) is 33.2. The Hall–Kier alpha value is -3.23. The zero-order valence-corrected chi connectivity index (χ0v) is 21.4. The van der Waals surface area contributed by atoms with Crippen molar-refractivity contribution in [1.82, 2.24) is 24.5 Å². The number of nitrogens with zero attached hydrogens (tertiary/aromatic N) is 5. The molecule has 3 heterocycles. The number of carbonyl (C=O) groups is 2. The van der Waals surface area contributed by atoms with Gasteiger partial charge in [0.15, 0.2) is 0 Å². The third-order valence-electron chi connectivity index (χ3n) is 7.92. The molecule has 8 heteroatoms. The average molecular weight is 490 g/mol. The molecule has 36 heavy (non-hydrogen) atoms. The number of hydrogen-bond acceptors (Lipinski definition) is 5. The standard InChI is InChI=1S/C28H35N5O3/c1-21-25(18-29-30(21)2)20-31-14-11-28(12-15-31)26(34)32(27(35)33(28)13-6-16-36-3)19-22-9-10-23-7-4-5-8-24(23)17-22/h4-5,7-10,17-18H,6,11-16,19-20H2,1-3H3. The van der Waals surface area contributed by atoms with Crippen LogP contribution in [0.4, 0.5) is 4.79 Å². The van der Waals surface area contributed by atoms with Gasteiger partial charge in [0, 0.05) is 58.2 Å².